The molecule has 19 heavy (non-hydrogen) atoms. The summed E-state index contributed by atoms with van der Waals surface area (Å²) in [4.78, 5) is 6.49. The van der Waals surface area contributed by atoms with Gasteiger partial charge in [-0.2, -0.15) is 0 Å². The van der Waals surface area contributed by atoms with Crippen molar-refractivity contribution < 1.29 is 9.47 Å². The van der Waals surface area contributed by atoms with Gasteiger partial charge in [-0.3, -0.25) is 4.90 Å². The summed E-state index contributed by atoms with van der Waals surface area (Å²) < 4.78 is 10.4. The van der Waals surface area contributed by atoms with E-state index < -0.39 is 0 Å². The molecule has 1 aromatic heterocycles. The van der Waals surface area contributed by atoms with Gasteiger partial charge in [-0.1, -0.05) is 6.07 Å². The molecule has 1 aromatic rings. The number of nitrogens with two attached hydrogens (primary N) is 1. The zero-order chi connectivity index (χ0) is 14.1. The van der Waals surface area contributed by atoms with Crippen molar-refractivity contribution in [3.63, 3.8) is 0 Å². The van der Waals surface area contributed by atoms with Crippen molar-refractivity contribution in [2.75, 3.05) is 39.4 Å². The van der Waals surface area contributed by atoms with Gasteiger partial charge in [0, 0.05) is 45.1 Å². The van der Waals surface area contributed by atoms with Gasteiger partial charge in [0.15, 0.2) is 0 Å². The van der Waals surface area contributed by atoms with Gasteiger partial charge in [0.1, 0.15) is 5.82 Å². The van der Waals surface area contributed by atoms with Gasteiger partial charge in [-0.15, -0.1) is 0 Å². The predicted molar refractivity (Wildman–Crippen MR) is 75.7 cm³/mol. The molecular weight excluding hydrogens is 244 g/mol. The van der Waals surface area contributed by atoms with Crippen LogP contribution in [0.2, 0.25) is 0 Å². The molecule has 108 valence electrons. The maximum absolute atomic E-state index is 5.48. The fraction of sp³-hybridized carbons (Fsp3) is 0.615. The Labute approximate surface area is 114 Å². The van der Waals surface area contributed by atoms with E-state index in [1.54, 1.807) is 20.4 Å². The zero-order valence-corrected chi connectivity index (χ0v) is 11.9. The van der Waals surface area contributed by atoms with Gasteiger partial charge < -0.3 is 14.9 Å². The third-order valence-electron chi connectivity index (χ3n) is 3.02. The van der Waals surface area contributed by atoms with Crippen LogP contribution in [0, 0.1) is 0 Å². The lowest BCUT2D eigenvalue weighted by Crippen LogP contribution is -2.38. The normalized spacial score (nSPS) is 12.7. The third-order valence-corrected chi connectivity index (χ3v) is 3.02. The first kappa shape index (κ1) is 15.8. The molecule has 1 unspecified atom stereocenters. The molecular formula is C13H24N4O2. The molecule has 0 amide bonds. The number of nitrogens with zero attached hydrogens (tertiary/aromatic N) is 2. The third kappa shape index (κ3) is 5.12. The van der Waals surface area contributed by atoms with E-state index in [2.05, 4.69) is 22.2 Å². The van der Waals surface area contributed by atoms with E-state index in [1.807, 2.05) is 12.1 Å². The van der Waals surface area contributed by atoms with E-state index in [0.29, 0.717) is 25.1 Å². The Morgan fingerprint density at radius 3 is 2.84 bits per heavy atom. The van der Waals surface area contributed by atoms with Gasteiger partial charge in [0.2, 0.25) is 0 Å². The van der Waals surface area contributed by atoms with E-state index in [9.17, 15) is 0 Å². The van der Waals surface area contributed by atoms with E-state index in [0.717, 1.165) is 18.7 Å². The summed E-state index contributed by atoms with van der Waals surface area (Å²) in [6.07, 6.45) is 1.72. The molecule has 0 aromatic carbocycles. The first-order chi connectivity index (χ1) is 9.22. The highest BCUT2D eigenvalue weighted by molar-refractivity contribution is 5.42. The number of nitrogens with one attached hydrogen (secondary N) is 1. The van der Waals surface area contributed by atoms with Crippen LogP contribution < -0.4 is 11.3 Å². The van der Waals surface area contributed by atoms with Crippen LogP contribution in [0.25, 0.3) is 0 Å². The van der Waals surface area contributed by atoms with Gasteiger partial charge in [0.25, 0.3) is 0 Å². The molecule has 0 aliphatic carbocycles. The molecule has 0 spiro atoms. The number of rotatable bonds is 9. The summed E-state index contributed by atoms with van der Waals surface area (Å²) in [6.45, 7) is 5.07. The maximum Gasteiger partial charge on any atom is 0.144 e. The van der Waals surface area contributed by atoms with Crippen molar-refractivity contribution in [1.82, 2.24) is 9.88 Å². The maximum atomic E-state index is 5.48. The number of pyridine rings is 1. The lowest BCUT2D eigenvalue weighted by Gasteiger charge is -2.28. The Morgan fingerprint density at radius 1 is 1.42 bits per heavy atom. The minimum Gasteiger partial charge on any atom is -0.383 e. The van der Waals surface area contributed by atoms with Crippen molar-refractivity contribution >= 4 is 5.82 Å². The van der Waals surface area contributed by atoms with Crippen molar-refractivity contribution in [2.45, 2.75) is 19.5 Å². The zero-order valence-electron chi connectivity index (χ0n) is 11.9. The highest BCUT2D eigenvalue weighted by atomic mass is 16.5. The number of hydrogen-bond donors (Lipinski definition) is 2. The molecule has 0 saturated carbocycles. The van der Waals surface area contributed by atoms with Crippen molar-refractivity contribution in [2.24, 2.45) is 5.84 Å². The number of aromatic nitrogens is 1. The molecule has 3 N–H and O–H groups in total. The fourth-order valence-electron chi connectivity index (χ4n) is 1.93. The summed E-state index contributed by atoms with van der Waals surface area (Å²) in [7, 11) is 3.41. The smallest absolute Gasteiger partial charge is 0.144 e. The van der Waals surface area contributed by atoms with Crippen LogP contribution in [-0.4, -0.2) is 49.9 Å². The average molecular weight is 268 g/mol. The lowest BCUT2D eigenvalue weighted by molar-refractivity contribution is 0.0706. The minimum atomic E-state index is 0.297. The van der Waals surface area contributed by atoms with Gasteiger partial charge in [-0.05, 0) is 13.0 Å². The van der Waals surface area contributed by atoms with Crippen LogP contribution >= 0.6 is 0 Å². The predicted octanol–water partition coefficient (Wildman–Crippen LogP) is 0.851. The number of hydrogen-bond acceptors (Lipinski definition) is 6. The fourth-order valence-corrected chi connectivity index (χ4v) is 1.93. The number of nitrogen functional groups attached to an aromatic ring is 1. The van der Waals surface area contributed by atoms with Crippen LogP contribution in [0.3, 0.4) is 0 Å². The first-order valence-electron chi connectivity index (χ1n) is 6.35. The van der Waals surface area contributed by atoms with Gasteiger partial charge in [0.05, 0.1) is 13.2 Å². The summed E-state index contributed by atoms with van der Waals surface area (Å²) >= 11 is 0. The Kier molecular flexibility index (Phi) is 7.35. The molecule has 1 heterocycles. The lowest BCUT2D eigenvalue weighted by atomic mass is 10.2. The van der Waals surface area contributed by atoms with E-state index in [4.69, 9.17) is 15.3 Å². The van der Waals surface area contributed by atoms with Crippen LogP contribution in [-0.2, 0) is 16.0 Å². The monoisotopic (exact) mass is 268 g/mol. The van der Waals surface area contributed by atoms with Crippen LogP contribution in [0.4, 0.5) is 5.82 Å². The van der Waals surface area contributed by atoms with Crippen molar-refractivity contribution in [1.29, 1.82) is 0 Å². The van der Waals surface area contributed by atoms with Crippen molar-refractivity contribution in [3.8, 4) is 0 Å². The largest absolute Gasteiger partial charge is 0.383 e. The average Bonchev–Trinajstić information content (AvgIpc) is 2.44. The second kappa shape index (κ2) is 8.82. The molecule has 0 aliphatic rings. The first-order valence-corrected chi connectivity index (χ1v) is 6.35. The SMILES string of the molecule is COCCN(Cc1cccnc1NN)C(C)COC. The summed E-state index contributed by atoms with van der Waals surface area (Å²) in [5, 5.41) is 0. The van der Waals surface area contributed by atoms with Crippen LogP contribution in [0.15, 0.2) is 18.3 Å². The molecule has 0 radical (unpaired) electrons. The summed E-state index contributed by atoms with van der Waals surface area (Å²) in [5.41, 5.74) is 3.69. The minimum absolute atomic E-state index is 0.297. The van der Waals surface area contributed by atoms with Crippen LogP contribution in [0.1, 0.15) is 12.5 Å². The summed E-state index contributed by atoms with van der Waals surface area (Å²) in [5.74, 6) is 6.18. The number of methoxy groups -OCH3 is 2. The topological polar surface area (TPSA) is 72.6 Å². The Balaban J connectivity index is 2.74. The Bertz CT molecular complexity index is 362. The highest BCUT2D eigenvalue weighted by Gasteiger charge is 2.15. The van der Waals surface area contributed by atoms with Gasteiger partial charge in [-0.25, -0.2) is 10.8 Å². The van der Waals surface area contributed by atoms with Gasteiger partial charge >= 0.3 is 0 Å². The molecule has 1 atom stereocenters. The molecule has 0 aliphatic heterocycles. The van der Waals surface area contributed by atoms with E-state index in [-0.39, 0.29) is 0 Å². The Morgan fingerprint density at radius 2 is 2.21 bits per heavy atom. The molecule has 1 rings (SSSR count). The highest BCUT2D eigenvalue weighted by Crippen LogP contribution is 2.14. The second-order valence-corrected chi connectivity index (χ2v) is 4.42. The van der Waals surface area contributed by atoms with Crippen molar-refractivity contribution in [3.05, 3.63) is 23.9 Å². The number of anilines is 1. The Hall–Kier alpha value is -1.21. The summed E-state index contributed by atoms with van der Waals surface area (Å²) in [6, 6.07) is 4.22. The molecule has 6 heteroatoms. The number of ether oxygens (including phenoxy) is 2. The molecule has 0 saturated heterocycles. The molecule has 0 fully saturated rings. The van der Waals surface area contributed by atoms with E-state index in [1.165, 1.54) is 0 Å². The van der Waals surface area contributed by atoms with E-state index >= 15 is 0 Å². The number of hydrazine groups is 1. The molecule has 6 nitrogen and oxygen atoms in total. The quantitative estimate of drug-likeness (QED) is 0.511. The standard InChI is InChI=1S/C13H24N4O2/c1-11(10-19-3)17(7-8-18-2)9-12-5-4-6-15-13(12)16-14/h4-6,11H,7-10,14H2,1-3H3,(H,15,16). The second-order valence-electron chi connectivity index (χ2n) is 4.42. The van der Waals surface area contributed by atoms with Crippen LogP contribution in [0.5, 0.6) is 0 Å². The molecule has 0 bridgehead atoms.